The average Bonchev–Trinajstić information content (AvgIpc) is 3.25. The van der Waals surface area contributed by atoms with Crippen LogP contribution in [-0.4, -0.2) is 101 Å². The van der Waals surface area contributed by atoms with Gasteiger partial charge in [0.05, 0.1) is 30.8 Å². The first-order valence-corrected chi connectivity index (χ1v) is 21.1. The number of hydrogen-bond donors (Lipinski definition) is 1. The fourth-order valence-electron chi connectivity index (χ4n) is 9.78. The van der Waals surface area contributed by atoms with Gasteiger partial charge in [0, 0.05) is 67.9 Å². The second-order valence-corrected chi connectivity index (χ2v) is 18.8. The Hall–Kier alpha value is -2.63. The summed E-state index contributed by atoms with van der Waals surface area (Å²) >= 11 is 6.49. The lowest BCUT2D eigenvalue weighted by molar-refractivity contribution is -0.0492. The van der Waals surface area contributed by atoms with Crippen LogP contribution in [-0.2, 0) is 26.6 Å². The van der Waals surface area contributed by atoms with Crippen LogP contribution in [0.5, 0.6) is 5.75 Å². The van der Waals surface area contributed by atoms with Gasteiger partial charge in [-0.2, -0.15) is 0 Å². The highest BCUT2D eigenvalue weighted by Gasteiger charge is 2.45. The maximum absolute atomic E-state index is 13.6. The summed E-state index contributed by atoms with van der Waals surface area (Å²) in [4.78, 5) is 21.3. The maximum Gasteiger partial charge on any atom is 0.264 e. The van der Waals surface area contributed by atoms with Gasteiger partial charge in [0.25, 0.3) is 5.91 Å². The zero-order valence-electron chi connectivity index (χ0n) is 30.1. The predicted molar refractivity (Wildman–Crippen MR) is 201 cm³/mol. The number of piperazine rings is 1. The van der Waals surface area contributed by atoms with Gasteiger partial charge in [0.1, 0.15) is 5.75 Å². The quantitative estimate of drug-likeness (QED) is 0.404. The largest absolute Gasteiger partial charge is 0.490 e. The number of ether oxygens (including phenoxy) is 2. The van der Waals surface area contributed by atoms with Crippen molar-refractivity contribution in [2.45, 2.75) is 69.1 Å². The van der Waals surface area contributed by atoms with Crippen LogP contribution in [0.15, 0.2) is 48.6 Å². The van der Waals surface area contributed by atoms with E-state index in [9.17, 15) is 13.2 Å². The SMILES string of the molecule is C[C@@H]1[C@@H](C)C/C=C/[C@@H](CN2CCN3CCOC[C@@H]3C2)[C@@H]2CC[C@H]2CN2C[C@@]3(CCCc4cc(Cl)ccc43)COc3ccc(cc32)C(=O)NS1(=O)=O. The number of aryl methyl sites for hydroxylation is 1. The van der Waals surface area contributed by atoms with Gasteiger partial charge in [-0.3, -0.25) is 14.6 Å². The Bertz CT molecular complexity index is 1770. The minimum Gasteiger partial charge on any atom is -0.490 e. The molecule has 4 aliphatic heterocycles. The number of anilines is 1. The van der Waals surface area contributed by atoms with Crippen molar-refractivity contribution in [1.29, 1.82) is 0 Å². The second-order valence-electron chi connectivity index (χ2n) is 16.3. The number of allylic oxidation sites excluding steroid dienone is 1. The fraction of sp³-hybridized carbons (Fsp3) is 0.625. The molecular formula is C40H53ClN4O5S. The van der Waals surface area contributed by atoms with Gasteiger partial charge in [0.2, 0.25) is 10.0 Å². The molecule has 2 aromatic rings. The number of amides is 1. The van der Waals surface area contributed by atoms with Crippen molar-refractivity contribution in [3.8, 4) is 5.75 Å². The number of halogens is 1. The minimum absolute atomic E-state index is 0.152. The molecular weight excluding hydrogens is 684 g/mol. The molecule has 276 valence electrons. The summed E-state index contributed by atoms with van der Waals surface area (Å²) in [5.74, 6) is 1.36. The van der Waals surface area contributed by atoms with E-state index in [1.54, 1.807) is 13.0 Å². The predicted octanol–water partition coefficient (Wildman–Crippen LogP) is 5.52. The van der Waals surface area contributed by atoms with Gasteiger partial charge in [-0.15, -0.1) is 0 Å². The number of nitrogens with one attached hydrogen (secondary N) is 1. The van der Waals surface area contributed by atoms with Crippen LogP contribution in [0.25, 0.3) is 0 Å². The third-order valence-corrected chi connectivity index (χ3v) is 15.3. The molecule has 1 saturated carbocycles. The number of hydrogen-bond acceptors (Lipinski definition) is 8. The van der Waals surface area contributed by atoms with Crippen LogP contribution in [0.2, 0.25) is 5.02 Å². The molecule has 0 aromatic heterocycles. The van der Waals surface area contributed by atoms with Crippen LogP contribution in [0.1, 0.15) is 67.4 Å². The lowest BCUT2D eigenvalue weighted by atomic mass is 9.65. The van der Waals surface area contributed by atoms with Gasteiger partial charge in [-0.1, -0.05) is 36.7 Å². The molecule has 4 heterocycles. The Kier molecular flexibility index (Phi) is 9.93. The third kappa shape index (κ3) is 7.08. The van der Waals surface area contributed by atoms with E-state index in [1.807, 2.05) is 25.1 Å². The molecule has 51 heavy (non-hydrogen) atoms. The summed E-state index contributed by atoms with van der Waals surface area (Å²) in [6.07, 6.45) is 10.7. The summed E-state index contributed by atoms with van der Waals surface area (Å²) in [6.45, 7) is 12.7. The number of rotatable bonds is 2. The summed E-state index contributed by atoms with van der Waals surface area (Å²) in [5, 5.41) is 0.0328. The van der Waals surface area contributed by atoms with Crippen LogP contribution < -0.4 is 14.4 Å². The fourth-order valence-corrected chi connectivity index (χ4v) is 11.3. The minimum atomic E-state index is -3.91. The Morgan fingerprint density at radius 2 is 1.94 bits per heavy atom. The first-order chi connectivity index (χ1) is 24.6. The molecule has 1 amide bonds. The zero-order chi connectivity index (χ0) is 35.3. The van der Waals surface area contributed by atoms with E-state index < -0.39 is 21.2 Å². The second kappa shape index (κ2) is 14.3. The molecule has 9 nitrogen and oxygen atoms in total. The van der Waals surface area contributed by atoms with Gasteiger partial charge in [0.15, 0.2) is 0 Å². The molecule has 0 radical (unpaired) electrons. The molecule has 2 aliphatic carbocycles. The van der Waals surface area contributed by atoms with Gasteiger partial charge in [-0.25, -0.2) is 13.1 Å². The number of carbonyl (C=O) groups excluding carboxylic acids is 1. The highest BCUT2D eigenvalue weighted by atomic mass is 35.5. The summed E-state index contributed by atoms with van der Waals surface area (Å²) in [6, 6.07) is 12.2. The molecule has 0 unspecified atom stereocenters. The third-order valence-electron chi connectivity index (χ3n) is 13.2. The Morgan fingerprint density at radius 3 is 2.78 bits per heavy atom. The Labute approximate surface area is 308 Å². The van der Waals surface area contributed by atoms with Gasteiger partial charge in [-0.05, 0) is 111 Å². The van der Waals surface area contributed by atoms with Crippen molar-refractivity contribution >= 4 is 33.2 Å². The van der Waals surface area contributed by atoms with Crippen molar-refractivity contribution in [3.05, 3.63) is 70.3 Å². The average molecular weight is 737 g/mol. The molecule has 6 aliphatic rings. The van der Waals surface area contributed by atoms with E-state index in [2.05, 4.69) is 43.7 Å². The number of carbonyl (C=O) groups is 1. The van der Waals surface area contributed by atoms with Crippen molar-refractivity contribution in [2.24, 2.45) is 23.7 Å². The first kappa shape index (κ1) is 35.4. The highest BCUT2D eigenvalue weighted by molar-refractivity contribution is 7.90. The molecule has 2 aromatic carbocycles. The molecule has 8 rings (SSSR count). The molecule has 1 N–H and O–H groups in total. The smallest absolute Gasteiger partial charge is 0.264 e. The van der Waals surface area contributed by atoms with E-state index in [0.29, 0.717) is 42.4 Å². The Morgan fingerprint density at radius 1 is 1.06 bits per heavy atom. The summed E-state index contributed by atoms with van der Waals surface area (Å²) < 4.78 is 42.0. The molecule has 11 heteroatoms. The molecule has 2 bridgehead atoms. The standard InChI is InChI=1S/C40H53ClN4O5S/c1-27-5-3-6-31(21-43-15-16-44-17-18-49-24-34(44)23-43)35-11-8-32(35)22-45-25-40(14-4-7-29-19-33(41)10-12-36(29)40)26-50-38-13-9-30(20-37(38)45)39(46)42-51(47,48)28(27)2/h3,6,9-10,12-13,19-20,27-28,31-32,34-35H,4-5,7-8,11,14-18,21-26H2,1-2H3,(H,42,46)/b6-3+/t27-,28+,31-,32-,34-,35-,40-/m0/s1. The van der Waals surface area contributed by atoms with Crippen LogP contribution in [0.3, 0.4) is 0 Å². The van der Waals surface area contributed by atoms with Crippen LogP contribution in [0.4, 0.5) is 5.69 Å². The molecule has 1 spiro atoms. The Balaban J connectivity index is 1.15. The van der Waals surface area contributed by atoms with E-state index in [-0.39, 0.29) is 11.3 Å². The lowest BCUT2D eigenvalue weighted by Gasteiger charge is -2.48. The van der Waals surface area contributed by atoms with E-state index in [4.69, 9.17) is 21.1 Å². The van der Waals surface area contributed by atoms with Crippen LogP contribution >= 0.6 is 11.6 Å². The molecule has 3 fully saturated rings. The molecule has 2 saturated heterocycles. The van der Waals surface area contributed by atoms with Crippen molar-refractivity contribution in [2.75, 3.05) is 70.5 Å². The van der Waals surface area contributed by atoms with Crippen LogP contribution in [0, 0.1) is 23.7 Å². The number of nitrogens with zero attached hydrogens (tertiary/aromatic N) is 3. The zero-order valence-corrected chi connectivity index (χ0v) is 31.6. The van der Waals surface area contributed by atoms with Crippen molar-refractivity contribution < 1.29 is 22.7 Å². The summed E-state index contributed by atoms with van der Waals surface area (Å²) in [7, 11) is -3.91. The lowest BCUT2D eigenvalue weighted by Crippen LogP contribution is -2.59. The van der Waals surface area contributed by atoms with Gasteiger partial charge < -0.3 is 14.4 Å². The molecule has 7 atom stereocenters. The van der Waals surface area contributed by atoms with E-state index in [1.165, 1.54) is 17.5 Å². The normalized spacial score (nSPS) is 34.9. The number of benzene rings is 2. The number of morpholine rings is 1. The maximum atomic E-state index is 13.6. The van der Waals surface area contributed by atoms with Gasteiger partial charge >= 0.3 is 0 Å². The topological polar surface area (TPSA) is 91.4 Å². The first-order valence-electron chi connectivity index (χ1n) is 19.2. The number of fused-ring (bicyclic) bond motifs is 5. The van der Waals surface area contributed by atoms with Crippen molar-refractivity contribution in [3.63, 3.8) is 0 Å². The monoisotopic (exact) mass is 736 g/mol. The van der Waals surface area contributed by atoms with Crippen molar-refractivity contribution in [1.82, 2.24) is 14.5 Å². The van der Waals surface area contributed by atoms with E-state index in [0.717, 1.165) is 101 Å². The highest BCUT2D eigenvalue weighted by Crippen LogP contribution is 2.48. The number of sulfonamides is 1. The summed E-state index contributed by atoms with van der Waals surface area (Å²) in [5.41, 5.74) is 3.58. The van der Waals surface area contributed by atoms with E-state index >= 15 is 0 Å².